The number of aliphatic carboxylic acids is 1. The van der Waals surface area contributed by atoms with Crippen LogP contribution in [0.1, 0.15) is 19.3 Å². The highest BCUT2D eigenvalue weighted by Gasteiger charge is 2.30. The molecule has 2 aliphatic heterocycles. The van der Waals surface area contributed by atoms with Gasteiger partial charge >= 0.3 is 17.9 Å². The third-order valence-electron chi connectivity index (χ3n) is 3.58. The van der Waals surface area contributed by atoms with E-state index in [1.54, 1.807) is 23.4 Å². The quantitative estimate of drug-likeness (QED) is 0.510. The number of methoxy groups -OCH3 is 1. The Kier molecular flexibility index (Phi) is 9.10. The summed E-state index contributed by atoms with van der Waals surface area (Å²) in [5.41, 5.74) is 0.295. The van der Waals surface area contributed by atoms with E-state index in [9.17, 15) is 14.4 Å². The van der Waals surface area contributed by atoms with Crippen molar-refractivity contribution in [2.24, 2.45) is 0 Å². The summed E-state index contributed by atoms with van der Waals surface area (Å²) in [6.07, 6.45) is 8.26. The number of aliphatic hydroxyl groups is 1. The molecule has 0 saturated carbocycles. The molecule has 2 unspecified atom stereocenters. The number of carboxylic acids is 1. The van der Waals surface area contributed by atoms with Crippen molar-refractivity contribution in [3.8, 4) is 0 Å². The maximum Gasteiger partial charge on any atom is 0.333 e. The summed E-state index contributed by atoms with van der Waals surface area (Å²) in [5, 5.41) is 16.0. The number of nitrogens with zero attached hydrogens (tertiary/aromatic N) is 1. The lowest BCUT2D eigenvalue weighted by molar-refractivity contribution is -0.143. The number of rotatable bonds is 6. The monoisotopic (exact) mass is 369 g/mol. The molecule has 2 heterocycles. The van der Waals surface area contributed by atoms with E-state index in [2.05, 4.69) is 4.74 Å². The second-order valence-electron chi connectivity index (χ2n) is 5.27. The van der Waals surface area contributed by atoms with E-state index in [-0.39, 0.29) is 18.9 Å². The smallest absolute Gasteiger partial charge is 0.333 e. The van der Waals surface area contributed by atoms with E-state index in [0.717, 1.165) is 19.3 Å². The Balaban J connectivity index is 0.00000163. The molecule has 9 heteroatoms. The molecule has 0 aromatic rings. The van der Waals surface area contributed by atoms with E-state index < -0.39 is 17.9 Å². The Morgan fingerprint density at radius 3 is 2.62 bits per heavy atom. The van der Waals surface area contributed by atoms with Crippen LogP contribution in [0.15, 0.2) is 36.2 Å². The summed E-state index contributed by atoms with van der Waals surface area (Å²) in [7, 11) is 2.21. The number of ether oxygens (including phenoxy) is 3. The van der Waals surface area contributed by atoms with Gasteiger partial charge in [-0.1, -0.05) is 6.08 Å². The number of esters is 2. The van der Waals surface area contributed by atoms with Gasteiger partial charge in [0, 0.05) is 38.1 Å². The van der Waals surface area contributed by atoms with Gasteiger partial charge in [0.25, 0.3) is 0 Å². The van der Waals surface area contributed by atoms with Crippen LogP contribution in [0.5, 0.6) is 0 Å². The van der Waals surface area contributed by atoms with Crippen LogP contribution in [0.3, 0.4) is 0 Å². The second-order valence-corrected chi connectivity index (χ2v) is 5.27. The number of carbonyl (C=O) groups is 3. The lowest BCUT2D eigenvalue weighted by Gasteiger charge is -2.26. The summed E-state index contributed by atoms with van der Waals surface area (Å²) in [4.78, 5) is 35.1. The van der Waals surface area contributed by atoms with Crippen molar-refractivity contribution in [1.29, 1.82) is 0 Å². The standard InChI is InChI=1S/C16H19NO7.CH4O/c1-22-14(18)6-7-15(19)23-10-12-4-5-13(24-12)17-8-2-3-11(9-17)16(20)21;1-2/h2,6-9,12-13H,3-5,10H2,1H3,(H,20,21);2H,1H3/b7-6+;. The van der Waals surface area contributed by atoms with Crippen molar-refractivity contribution in [3.05, 3.63) is 36.2 Å². The lowest BCUT2D eigenvalue weighted by Crippen LogP contribution is -2.30. The summed E-state index contributed by atoms with van der Waals surface area (Å²) in [6.45, 7) is 0.0634. The van der Waals surface area contributed by atoms with Crippen molar-refractivity contribution in [3.63, 3.8) is 0 Å². The SMILES string of the molecule is CO.COC(=O)/C=C/C(=O)OCC1CCC(N2C=CCC(C(=O)O)=C2)O1. The minimum absolute atomic E-state index is 0.0634. The van der Waals surface area contributed by atoms with E-state index >= 15 is 0 Å². The zero-order chi connectivity index (χ0) is 19.5. The van der Waals surface area contributed by atoms with Gasteiger partial charge in [0.1, 0.15) is 12.8 Å². The molecule has 9 nitrogen and oxygen atoms in total. The first-order chi connectivity index (χ1) is 12.5. The molecular formula is C17H23NO8. The van der Waals surface area contributed by atoms with Crippen LogP contribution in [0.25, 0.3) is 0 Å². The average Bonchev–Trinajstić information content (AvgIpc) is 3.15. The largest absolute Gasteiger partial charge is 0.478 e. The maximum atomic E-state index is 11.5. The molecule has 2 atom stereocenters. The minimum Gasteiger partial charge on any atom is -0.478 e. The van der Waals surface area contributed by atoms with Crippen LogP contribution in [-0.4, -0.2) is 66.2 Å². The fourth-order valence-corrected chi connectivity index (χ4v) is 2.35. The van der Waals surface area contributed by atoms with E-state index in [1.165, 1.54) is 7.11 Å². The molecule has 0 aliphatic carbocycles. The first-order valence-electron chi connectivity index (χ1n) is 7.90. The zero-order valence-corrected chi connectivity index (χ0v) is 14.7. The minimum atomic E-state index is -0.953. The first-order valence-corrected chi connectivity index (χ1v) is 7.90. The fourth-order valence-electron chi connectivity index (χ4n) is 2.35. The highest BCUT2D eigenvalue weighted by Crippen LogP contribution is 2.26. The Bertz CT molecular complexity index is 596. The highest BCUT2D eigenvalue weighted by atomic mass is 16.6. The molecule has 144 valence electrons. The van der Waals surface area contributed by atoms with Gasteiger partial charge in [-0.15, -0.1) is 0 Å². The van der Waals surface area contributed by atoms with Crippen LogP contribution in [0.4, 0.5) is 0 Å². The number of allylic oxidation sites excluding steroid dienone is 1. The molecule has 2 aliphatic rings. The van der Waals surface area contributed by atoms with Crippen LogP contribution < -0.4 is 0 Å². The van der Waals surface area contributed by atoms with E-state index in [0.29, 0.717) is 24.8 Å². The molecule has 1 fully saturated rings. The topological polar surface area (TPSA) is 123 Å². The number of carboxylic acid groups (broad SMARTS) is 1. The summed E-state index contributed by atoms with van der Waals surface area (Å²) in [5.74, 6) is -2.24. The molecule has 2 rings (SSSR count). The van der Waals surface area contributed by atoms with Crippen molar-refractivity contribution in [2.45, 2.75) is 31.6 Å². The van der Waals surface area contributed by atoms with Gasteiger partial charge in [0.05, 0.1) is 18.8 Å². The third kappa shape index (κ3) is 6.69. The van der Waals surface area contributed by atoms with Crippen molar-refractivity contribution in [1.82, 2.24) is 4.90 Å². The van der Waals surface area contributed by atoms with Crippen molar-refractivity contribution >= 4 is 17.9 Å². The van der Waals surface area contributed by atoms with Gasteiger partial charge in [-0.25, -0.2) is 14.4 Å². The van der Waals surface area contributed by atoms with Gasteiger partial charge in [-0.2, -0.15) is 0 Å². The van der Waals surface area contributed by atoms with Crippen LogP contribution in [0, 0.1) is 0 Å². The number of hydrogen-bond donors (Lipinski definition) is 2. The van der Waals surface area contributed by atoms with Crippen molar-refractivity contribution < 1.29 is 38.8 Å². The number of carbonyl (C=O) groups excluding carboxylic acids is 2. The lowest BCUT2D eigenvalue weighted by atomic mass is 10.1. The Labute approximate surface area is 151 Å². The van der Waals surface area contributed by atoms with Crippen LogP contribution in [-0.2, 0) is 28.6 Å². The summed E-state index contributed by atoms with van der Waals surface area (Å²) >= 11 is 0. The average molecular weight is 369 g/mol. The van der Waals surface area contributed by atoms with E-state index in [1.807, 2.05) is 0 Å². The van der Waals surface area contributed by atoms with Crippen LogP contribution >= 0.6 is 0 Å². The highest BCUT2D eigenvalue weighted by molar-refractivity contribution is 5.91. The summed E-state index contributed by atoms with van der Waals surface area (Å²) < 4.78 is 15.1. The van der Waals surface area contributed by atoms with Gasteiger partial charge in [-0.3, -0.25) is 0 Å². The molecule has 0 radical (unpaired) electrons. The molecule has 0 bridgehead atoms. The molecule has 0 amide bonds. The maximum absolute atomic E-state index is 11.5. The van der Waals surface area contributed by atoms with Gasteiger partial charge in [0.2, 0.25) is 0 Å². The molecule has 1 saturated heterocycles. The van der Waals surface area contributed by atoms with E-state index in [4.69, 9.17) is 19.7 Å². The molecular weight excluding hydrogens is 346 g/mol. The Hall–Kier alpha value is -2.65. The number of aliphatic hydroxyl groups excluding tert-OH is 1. The molecule has 0 spiro atoms. The third-order valence-corrected chi connectivity index (χ3v) is 3.58. The van der Waals surface area contributed by atoms with Crippen LogP contribution in [0.2, 0.25) is 0 Å². The molecule has 0 aromatic heterocycles. The van der Waals surface area contributed by atoms with Gasteiger partial charge < -0.3 is 29.3 Å². The zero-order valence-electron chi connectivity index (χ0n) is 14.7. The molecule has 2 N–H and O–H groups in total. The second kappa shape index (κ2) is 11.1. The first kappa shape index (κ1) is 21.4. The predicted molar refractivity (Wildman–Crippen MR) is 89.5 cm³/mol. The van der Waals surface area contributed by atoms with Gasteiger partial charge in [-0.05, 0) is 12.8 Å². The normalized spacial score (nSPS) is 21.7. The molecule has 0 aromatic carbocycles. The predicted octanol–water partition coefficient (Wildman–Crippen LogP) is 0.560. The summed E-state index contributed by atoms with van der Waals surface area (Å²) in [6, 6.07) is 0. The van der Waals surface area contributed by atoms with Crippen molar-refractivity contribution in [2.75, 3.05) is 20.8 Å². The molecule has 26 heavy (non-hydrogen) atoms. The Morgan fingerprint density at radius 1 is 1.27 bits per heavy atom. The fraction of sp³-hybridized carbons (Fsp3) is 0.471. The Morgan fingerprint density at radius 2 is 1.96 bits per heavy atom. The van der Waals surface area contributed by atoms with Gasteiger partial charge in [0.15, 0.2) is 0 Å². The number of hydrogen-bond acceptors (Lipinski definition) is 8.